The van der Waals surface area contributed by atoms with Gasteiger partial charge in [-0.3, -0.25) is 4.79 Å². The van der Waals surface area contributed by atoms with Gasteiger partial charge in [-0.25, -0.2) is 5.43 Å². The van der Waals surface area contributed by atoms with Crippen LogP contribution in [0.1, 0.15) is 11.1 Å². The first-order valence-electron chi connectivity index (χ1n) is 6.41. The number of carbonyl (C=O) groups is 1. The molecular formula is C16H15ClN2O2. The first-order chi connectivity index (χ1) is 10.1. The fourth-order valence-electron chi connectivity index (χ4n) is 1.64. The molecule has 4 nitrogen and oxygen atoms in total. The van der Waals surface area contributed by atoms with Crippen LogP contribution in [0.15, 0.2) is 53.6 Å². The number of halogens is 1. The number of hydrazone groups is 1. The minimum atomic E-state index is -0.334. The van der Waals surface area contributed by atoms with E-state index in [1.165, 1.54) is 6.21 Å². The predicted octanol–water partition coefficient (Wildman–Crippen LogP) is 3.18. The third kappa shape index (κ3) is 4.93. The van der Waals surface area contributed by atoms with E-state index in [0.717, 1.165) is 11.1 Å². The topological polar surface area (TPSA) is 50.7 Å². The molecule has 2 aromatic rings. The van der Waals surface area contributed by atoms with Gasteiger partial charge in [0.25, 0.3) is 5.91 Å². The third-order valence-corrected chi connectivity index (χ3v) is 3.00. The van der Waals surface area contributed by atoms with Crippen molar-refractivity contribution >= 4 is 23.7 Å². The van der Waals surface area contributed by atoms with Crippen molar-refractivity contribution in [1.29, 1.82) is 0 Å². The molecule has 0 spiro atoms. The van der Waals surface area contributed by atoms with Gasteiger partial charge in [-0.2, -0.15) is 5.10 Å². The van der Waals surface area contributed by atoms with E-state index in [2.05, 4.69) is 10.5 Å². The quantitative estimate of drug-likeness (QED) is 0.681. The van der Waals surface area contributed by atoms with Crippen LogP contribution < -0.4 is 10.2 Å². The molecule has 0 aliphatic carbocycles. The maximum Gasteiger partial charge on any atom is 0.277 e. The van der Waals surface area contributed by atoms with E-state index in [1.54, 1.807) is 18.2 Å². The van der Waals surface area contributed by atoms with Crippen molar-refractivity contribution in [3.8, 4) is 5.75 Å². The molecule has 21 heavy (non-hydrogen) atoms. The summed E-state index contributed by atoms with van der Waals surface area (Å²) in [4.78, 5) is 11.6. The van der Waals surface area contributed by atoms with Crippen molar-refractivity contribution < 1.29 is 9.53 Å². The van der Waals surface area contributed by atoms with Crippen molar-refractivity contribution in [2.24, 2.45) is 5.10 Å². The van der Waals surface area contributed by atoms with E-state index in [0.29, 0.717) is 10.8 Å². The predicted molar refractivity (Wildman–Crippen MR) is 83.9 cm³/mol. The monoisotopic (exact) mass is 302 g/mol. The highest BCUT2D eigenvalue weighted by atomic mass is 35.5. The molecule has 1 N–H and O–H groups in total. The molecule has 0 radical (unpaired) electrons. The Balaban J connectivity index is 1.81. The Bertz CT molecular complexity index is 656. The van der Waals surface area contributed by atoms with Crippen LogP contribution in [0.2, 0.25) is 5.02 Å². The van der Waals surface area contributed by atoms with Crippen LogP contribution >= 0.6 is 11.6 Å². The summed E-state index contributed by atoms with van der Waals surface area (Å²) in [5.74, 6) is 0.319. The Hall–Kier alpha value is -2.33. The maximum atomic E-state index is 11.6. The first kappa shape index (κ1) is 15.1. The SMILES string of the molecule is Cc1cccc(OCC(=O)N/N=C\c2ccccc2Cl)c1. The molecule has 5 heteroatoms. The van der Waals surface area contributed by atoms with Gasteiger partial charge in [0.15, 0.2) is 6.61 Å². The Morgan fingerprint density at radius 1 is 1.29 bits per heavy atom. The molecule has 0 aromatic heterocycles. The molecule has 0 unspecified atom stereocenters. The second kappa shape index (κ2) is 7.45. The van der Waals surface area contributed by atoms with E-state index in [1.807, 2.05) is 37.3 Å². The zero-order valence-corrected chi connectivity index (χ0v) is 12.3. The van der Waals surface area contributed by atoms with Crippen LogP contribution in [-0.4, -0.2) is 18.7 Å². The molecule has 2 rings (SSSR count). The third-order valence-electron chi connectivity index (χ3n) is 2.66. The molecule has 2 aromatic carbocycles. The van der Waals surface area contributed by atoms with E-state index >= 15 is 0 Å². The average Bonchev–Trinajstić information content (AvgIpc) is 2.47. The number of nitrogens with one attached hydrogen (secondary N) is 1. The Labute approximate surface area is 128 Å². The molecule has 108 valence electrons. The van der Waals surface area contributed by atoms with Crippen molar-refractivity contribution in [1.82, 2.24) is 5.43 Å². The van der Waals surface area contributed by atoms with E-state index in [9.17, 15) is 4.79 Å². The lowest BCUT2D eigenvalue weighted by Crippen LogP contribution is -2.24. The zero-order chi connectivity index (χ0) is 15.1. The van der Waals surface area contributed by atoms with Crippen molar-refractivity contribution in [3.63, 3.8) is 0 Å². The number of amides is 1. The summed E-state index contributed by atoms with van der Waals surface area (Å²) >= 11 is 5.97. The normalized spacial score (nSPS) is 10.6. The summed E-state index contributed by atoms with van der Waals surface area (Å²) < 4.78 is 5.36. The summed E-state index contributed by atoms with van der Waals surface area (Å²) in [6.07, 6.45) is 1.49. The van der Waals surface area contributed by atoms with Crippen molar-refractivity contribution in [2.75, 3.05) is 6.61 Å². The molecule has 0 heterocycles. The van der Waals surface area contributed by atoms with Gasteiger partial charge in [0.1, 0.15) is 5.75 Å². The summed E-state index contributed by atoms with van der Waals surface area (Å²) in [7, 11) is 0. The zero-order valence-electron chi connectivity index (χ0n) is 11.5. The Morgan fingerprint density at radius 3 is 2.86 bits per heavy atom. The van der Waals surface area contributed by atoms with Gasteiger partial charge in [-0.1, -0.05) is 41.9 Å². The van der Waals surface area contributed by atoms with Gasteiger partial charge < -0.3 is 4.74 Å². The number of rotatable bonds is 5. The minimum Gasteiger partial charge on any atom is -0.484 e. The highest BCUT2D eigenvalue weighted by Gasteiger charge is 2.01. The highest BCUT2D eigenvalue weighted by molar-refractivity contribution is 6.33. The number of hydrogen-bond acceptors (Lipinski definition) is 3. The minimum absolute atomic E-state index is 0.0939. The molecule has 0 aliphatic heterocycles. The number of hydrogen-bond donors (Lipinski definition) is 1. The summed E-state index contributed by atoms with van der Waals surface area (Å²) in [6.45, 7) is 1.87. The Kier molecular flexibility index (Phi) is 5.35. The van der Waals surface area contributed by atoms with Gasteiger partial charge in [0.05, 0.1) is 6.21 Å². The lowest BCUT2D eigenvalue weighted by atomic mass is 10.2. The molecule has 0 bridgehead atoms. The van der Waals surface area contributed by atoms with Gasteiger partial charge >= 0.3 is 0 Å². The van der Waals surface area contributed by atoms with Gasteiger partial charge in [0.2, 0.25) is 0 Å². The molecule has 0 saturated carbocycles. The van der Waals surface area contributed by atoms with Crippen LogP contribution in [0.3, 0.4) is 0 Å². The highest BCUT2D eigenvalue weighted by Crippen LogP contribution is 2.12. The average molecular weight is 303 g/mol. The summed E-state index contributed by atoms with van der Waals surface area (Å²) in [6, 6.07) is 14.7. The fourth-order valence-corrected chi connectivity index (χ4v) is 1.82. The van der Waals surface area contributed by atoms with Crippen molar-refractivity contribution in [3.05, 3.63) is 64.7 Å². The van der Waals surface area contributed by atoms with Crippen LogP contribution in [-0.2, 0) is 4.79 Å². The second-order valence-corrected chi connectivity index (χ2v) is 4.83. The van der Waals surface area contributed by atoms with Crippen LogP contribution in [0, 0.1) is 6.92 Å². The lowest BCUT2D eigenvalue weighted by molar-refractivity contribution is -0.123. The Morgan fingerprint density at radius 2 is 2.10 bits per heavy atom. The van der Waals surface area contributed by atoms with Crippen molar-refractivity contribution in [2.45, 2.75) is 6.92 Å². The number of nitrogens with zero attached hydrogens (tertiary/aromatic N) is 1. The first-order valence-corrected chi connectivity index (χ1v) is 6.79. The van der Waals surface area contributed by atoms with E-state index < -0.39 is 0 Å². The van der Waals surface area contributed by atoms with Crippen LogP contribution in [0.25, 0.3) is 0 Å². The smallest absolute Gasteiger partial charge is 0.277 e. The summed E-state index contributed by atoms with van der Waals surface area (Å²) in [5, 5.41) is 4.42. The molecule has 1 amide bonds. The molecule has 0 atom stereocenters. The fraction of sp³-hybridized carbons (Fsp3) is 0.125. The van der Waals surface area contributed by atoms with Crippen LogP contribution in [0.5, 0.6) is 5.75 Å². The summed E-state index contributed by atoms with van der Waals surface area (Å²) in [5.41, 5.74) is 4.20. The largest absolute Gasteiger partial charge is 0.484 e. The number of ether oxygens (including phenoxy) is 1. The number of carbonyl (C=O) groups excluding carboxylic acids is 1. The number of benzene rings is 2. The molecule has 0 saturated heterocycles. The van der Waals surface area contributed by atoms with Crippen LogP contribution in [0.4, 0.5) is 0 Å². The molecule has 0 aliphatic rings. The van der Waals surface area contributed by atoms with Gasteiger partial charge in [-0.05, 0) is 30.7 Å². The second-order valence-electron chi connectivity index (χ2n) is 4.42. The van der Waals surface area contributed by atoms with E-state index in [-0.39, 0.29) is 12.5 Å². The van der Waals surface area contributed by atoms with Gasteiger partial charge in [-0.15, -0.1) is 0 Å². The molecular weight excluding hydrogens is 288 g/mol. The maximum absolute atomic E-state index is 11.6. The van der Waals surface area contributed by atoms with E-state index in [4.69, 9.17) is 16.3 Å². The number of aryl methyl sites for hydroxylation is 1. The van der Waals surface area contributed by atoms with Gasteiger partial charge in [0, 0.05) is 10.6 Å². The standard InChI is InChI=1S/C16H15ClN2O2/c1-12-5-4-7-14(9-12)21-11-16(20)19-18-10-13-6-2-3-8-15(13)17/h2-10H,11H2,1H3,(H,19,20)/b18-10-. The molecule has 0 fully saturated rings. The lowest BCUT2D eigenvalue weighted by Gasteiger charge is -2.05.